The van der Waals surface area contributed by atoms with Crippen LogP contribution in [0.4, 0.5) is 0 Å². The van der Waals surface area contributed by atoms with Crippen molar-refractivity contribution in [3.8, 4) is 0 Å². The minimum atomic E-state index is 0.113. The molecule has 0 aliphatic heterocycles. The molecule has 0 saturated carbocycles. The predicted octanol–water partition coefficient (Wildman–Crippen LogP) is 1.67. The second-order valence-electron chi connectivity index (χ2n) is 3.39. The van der Waals surface area contributed by atoms with Crippen LogP contribution in [0.15, 0.2) is 12.1 Å². The van der Waals surface area contributed by atoms with Crippen LogP contribution in [0.25, 0.3) is 0 Å². The second kappa shape index (κ2) is 6.58. The molecule has 0 aliphatic carbocycles. The first-order chi connectivity index (χ1) is 7.22. The first-order valence-corrected chi connectivity index (χ1v) is 6.06. The van der Waals surface area contributed by atoms with Gasteiger partial charge in [-0.15, -0.1) is 11.3 Å². The number of rotatable bonds is 6. The highest BCUT2D eigenvalue weighted by Gasteiger charge is 2.01. The van der Waals surface area contributed by atoms with E-state index in [9.17, 15) is 4.79 Å². The van der Waals surface area contributed by atoms with Gasteiger partial charge in [0.25, 0.3) is 0 Å². The van der Waals surface area contributed by atoms with E-state index in [1.54, 1.807) is 11.3 Å². The summed E-state index contributed by atoms with van der Waals surface area (Å²) in [4.78, 5) is 13.8. The highest BCUT2D eigenvalue weighted by Crippen LogP contribution is 2.14. The van der Waals surface area contributed by atoms with Crippen LogP contribution in [0.2, 0.25) is 0 Å². The summed E-state index contributed by atoms with van der Waals surface area (Å²) in [6.07, 6.45) is 0.554. The van der Waals surface area contributed by atoms with E-state index in [-0.39, 0.29) is 5.91 Å². The normalized spacial score (nSPS) is 10.3. The van der Waals surface area contributed by atoms with Crippen molar-refractivity contribution in [1.29, 1.82) is 0 Å². The molecule has 0 fully saturated rings. The topological polar surface area (TPSA) is 41.1 Å². The van der Waals surface area contributed by atoms with Gasteiger partial charge in [-0.2, -0.15) is 0 Å². The molecule has 0 radical (unpaired) electrons. The van der Waals surface area contributed by atoms with E-state index in [2.05, 4.69) is 29.7 Å². The molecule has 0 atom stereocenters. The molecule has 0 aliphatic rings. The molecule has 1 aromatic rings. The molecule has 0 spiro atoms. The molecule has 2 N–H and O–H groups in total. The summed E-state index contributed by atoms with van der Waals surface area (Å²) >= 11 is 1.73. The first kappa shape index (κ1) is 12.2. The summed E-state index contributed by atoms with van der Waals surface area (Å²) in [6, 6.07) is 4.13. The zero-order valence-corrected chi connectivity index (χ0v) is 10.1. The third-order valence-electron chi connectivity index (χ3n) is 2.03. The Morgan fingerprint density at radius 2 is 2.27 bits per heavy atom. The smallest absolute Gasteiger partial charge is 0.221 e. The minimum Gasteiger partial charge on any atom is -0.351 e. The number of aryl methyl sites for hydroxylation is 1. The van der Waals surface area contributed by atoms with Crippen molar-refractivity contribution in [2.45, 2.75) is 26.8 Å². The molecule has 1 heterocycles. The molecule has 0 bridgehead atoms. The van der Waals surface area contributed by atoms with Crippen molar-refractivity contribution in [1.82, 2.24) is 10.6 Å². The maximum atomic E-state index is 11.4. The minimum absolute atomic E-state index is 0.113. The van der Waals surface area contributed by atoms with Crippen molar-refractivity contribution >= 4 is 17.2 Å². The zero-order chi connectivity index (χ0) is 11.1. The van der Waals surface area contributed by atoms with Gasteiger partial charge in [0, 0.05) is 22.7 Å². The Morgan fingerprint density at radius 3 is 2.87 bits per heavy atom. The number of nitrogens with one attached hydrogen (secondary N) is 2. The van der Waals surface area contributed by atoms with E-state index in [1.165, 1.54) is 9.75 Å². The standard InChI is InChI=1S/C11H18N2OS/c1-3-12-7-6-11(14)13-8-10-5-4-9(2)15-10/h4-5,12H,3,6-8H2,1-2H3,(H,13,14). The van der Waals surface area contributed by atoms with Gasteiger partial charge in [-0.05, 0) is 25.6 Å². The molecule has 15 heavy (non-hydrogen) atoms. The fourth-order valence-corrected chi connectivity index (χ4v) is 2.06. The molecule has 4 heteroatoms. The Labute approximate surface area is 94.9 Å². The van der Waals surface area contributed by atoms with E-state index < -0.39 is 0 Å². The summed E-state index contributed by atoms with van der Waals surface area (Å²) in [5, 5.41) is 6.03. The van der Waals surface area contributed by atoms with Gasteiger partial charge in [0.1, 0.15) is 0 Å². The molecule has 0 saturated heterocycles. The highest BCUT2D eigenvalue weighted by atomic mass is 32.1. The molecule has 0 unspecified atom stereocenters. The van der Waals surface area contributed by atoms with Gasteiger partial charge in [0.15, 0.2) is 0 Å². The fourth-order valence-electron chi connectivity index (χ4n) is 1.23. The van der Waals surface area contributed by atoms with E-state index in [4.69, 9.17) is 0 Å². The maximum absolute atomic E-state index is 11.4. The Kier molecular flexibility index (Phi) is 5.36. The van der Waals surface area contributed by atoms with Crippen molar-refractivity contribution in [2.24, 2.45) is 0 Å². The maximum Gasteiger partial charge on any atom is 0.221 e. The van der Waals surface area contributed by atoms with E-state index in [1.807, 2.05) is 6.92 Å². The lowest BCUT2D eigenvalue weighted by Gasteiger charge is -2.03. The lowest BCUT2D eigenvalue weighted by atomic mass is 10.3. The summed E-state index contributed by atoms with van der Waals surface area (Å²) in [6.45, 7) is 6.43. The number of hydrogen-bond donors (Lipinski definition) is 2. The number of thiophene rings is 1. The number of amides is 1. The Bertz CT molecular complexity index is 309. The predicted molar refractivity (Wildman–Crippen MR) is 64.1 cm³/mol. The van der Waals surface area contributed by atoms with Crippen LogP contribution >= 0.6 is 11.3 Å². The molecule has 1 aromatic heterocycles. The number of carbonyl (C=O) groups is 1. The van der Waals surface area contributed by atoms with Crippen LogP contribution in [0, 0.1) is 6.92 Å². The molecular weight excluding hydrogens is 208 g/mol. The summed E-state index contributed by atoms with van der Waals surface area (Å²) < 4.78 is 0. The molecule has 1 amide bonds. The monoisotopic (exact) mass is 226 g/mol. The van der Waals surface area contributed by atoms with Crippen molar-refractivity contribution in [3.63, 3.8) is 0 Å². The third kappa shape index (κ3) is 4.95. The van der Waals surface area contributed by atoms with Gasteiger partial charge < -0.3 is 10.6 Å². The number of carbonyl (C=O) groups excluding carboxylic acids is 1. The van der Waals surface area contributed by atoms with Crippen LogP contribution in [0.3, 0.4) is 0 Å². The molecule has 1 rings (SSSR count). The molecule has 84 valence electrons. The van der Waals surface area contributed by atoms with Gasteiger partial charge in [0.05, 0.1) is 6.54 Å². The van der Waals surface area contributed by atoms with E-state index in [0.717, 1.165) is 13.1 Å². The Hall–Kier alpha value is -0.870. The van der Waals surface area contributed by atoms with Gasteiger partial charge in [-0.3, -0.25) is 4.79 Å². The van der Waals surface area contributed by atoms with Crippen LogP contribution in [0.5, 0.6) is 0 Å². The Morgan fingerprint density at radius 1 is 1.47 bits per heavy atom. The number of hydrogen-bond acceptors (Lipinski definition) is 3. The van der Waals surface area contributed by atoms with Crippen LogP contribution in [0.1, 0.15) is 23.1 Å². The van der Waals surface area contributed by atoms with Crippen molar-refractivity contribution < 1.29 is 4.79 Å². The third-order valence-corrected chi connectivity index (χ3v) is 3.04. The van der Waals surface area contributed by atoms with E-state index >= 15 is 0 Å². The van der Waals surface area contributed by atoms with Gasteiger partial charge >= 0.3 is 0 Å². The average molecular weight is 226 g/mol. The molecule has 0 aromatic carbocycles. The van der Waals surface area contributed by atoms with Crippen LogP contribution < -0.4 is 10.6 Å². The van der Waals surface area contributed by atoms with E-state index in [0.29, 0.717) is 13.0 Å². The molecule has 3 nitrogen and oxygen atoms in total. The average Bonchev–Trinajstić information content (AvgIpc) is 2.62. The first-order valence-electron chi connectivity index (χ1n) is 5.25. The second-order valence-corrected chi connectivity index (χ2v) is 4.77. The van der Waals surface area contributed by atoms with Crippen LogP contribution in [-0.2, 0) is 11.3 Å². The van der Waals surface area contributed by atoms with Crippen molar-refractivity contribution in [2.75, 3.05) is 13.1 Å². The summed E-state index contributed by atoms with van der Waals surface area (Å²) in [5.41, 5.74) is 0. The fraction of sp³-hybridized carbons (Fsp3) is 0.545. The van der Waals surface area contributed by atoms with Gasteiger partial charge in [-0.25, -0.2) is 0 Å². The SMILES string of the molecule is CCNCCC(=O)NCc1ccc(C)s1. The van der Waals surface area contributed by atoms with Crippen LogP contribution in [-0.4, -0.2) is 19.0 Å². The Balaban J connectivity index is 2.16. The lowest BCUT2D eigenvalue weighted by molar-refractivity contribution is -0.121. The lowest BCUT2D eigenvalue weighted by Crippen LogP contribution is -2.26. The summed E-state index contributed by atoms with van der Waals surface area (Å²) in [7, 11) is 0. The van der Waals surface area contributed by atoms with Crippen molar-refractivity contribution in [3.05, 3.63) is 21.9 Å². The largest absolute Gasteiger partial charge is 0.351 e. The van der Waals surface area contributed by atoms with Gasteiger partial charge in [-0.1, -0.05) is 6.92 Å². The molecular formula is C11H18N2OS. The summed E-state index contributed by atoms with van der Waals surface area (Å²) in [5.74, 6) is 0.113. The van der Waals surface area contributed by atoms with Gasteiger partial charge in [0.2, 0.25) is 5.91 Å². The quantitative estimate of drug-likeness (QED) is 0.725. The zero-order valence-electron chi connectivity index (χ0n) is 9.30. The highest BCUT2D eigenvalue weighted by molar-refractivity contribution is 7.11.